The molecule has 90 valence electrons. The van der Waals surface area contributed by atoms with Gasteiger partial charge in [-0.15, -0.1) is 0 Å². The van der Waals surface area contributed by atoms with E-state index in [0.717, 1.165) is 12.2 Å². The second-order valence-corrected chi connectivity index (χ2v) is 4.42. The summed E-state index contributed by atoms with van der Waals surface area (Å²) in [6.07, 6.45) is 3.44. The number of unbranched alkanes of at least 4 members (excludes halogenated alkanes) is 1. The Balaban J connectivity index is 2.95. The van der Waals surface area contributed by atoms with Gasteiger partial charge >= 0.3 is 0 Å². The zero-order chi connectivity index (χ0) is 12.1. The fourth-order valence-electron chi connectivity index (χ4n) is 2.21. The third-order valence-electron chi connectivity index (χ3n) is 3.04. The van der Waals surface area contributed by atoms with Crippen LogP contribution in [0.25, 0.3) is 0 Å². The SMILES string of the molecule is CCCCC(N)c1c(C)cc(OC)cc1C. The summed E-state index contributed by atoms with van der Waals surface area (Å²) in [5.41, 5.74) is 9.99. The van der Waals surface area contributed by atoms with Crippen molar-refractivity contribution in [3.63, 3.8) is 0 Å². The standard InChI is InChI=1S/C14H23NO/c1-5-6-7-13(15)14-10(2)8-12(16-4)9-11(14)3/h8-9,13H,5-7,15H2,1-4H3. The number of methoxy groups -OCH3 is 1. The van der Waals surface area contributed by atoms with Gasteiger partial charge in [-0.25, -0.2) is 0 Å². The number of rotatable bonds is 5. The molecule has 0 aromatic heterocycles. The second kappa shape index (κ2) is 5.90. The van der Waals surface area contributed by atoms with Gasteiger partial charge in [-0.1, -0.05) is 19.8 Å². The Morgan fingerprint density at radius 2 is 1.81 bits per heavy atom. The van der Waals surface area contributed by atoms with Crippen molar-refractivity contribution in [1.29, 1.82) is 0 Å². The van der Waals surface area contributed by atoms with E-state index in [9.17, 15) is 0 Å². The molecule has 0 aliphatic rings. The van der Waals surface area contributed by atoms with Crippen LogP contribution in [0, 0.1) is 13.8 Å². The molecular weight excluding hydrogens is 198 g/mol. The smallest absolute Gasteiger partial charge is 0.119 e. The van der Waals surface area contributed by atoms with Gasteiger partial charge < -0.3 is 10.5 Å². The highest BCUT2D eigenvalue weighted by Crippen LogP contribution is 2.28. The van der Waals surface area contributed by atoms with E-state index in [2.05, 4.69) is 32.9 Å². The van der Waals surface area contributed by atoms with Crippen LogP contribution in [-0.4, -0.2) is 7.11 Å². The van der Waals surface area contributed by atoms with Gasteiger partial charge in [0.15, 0.2) is 0 Å². The number of aryl methyl sites for hydroxylation is 2. The quantitative estimate of drug-likeness (QED) is 0.826. The first-order chi connectivity index (χ1) is 7.60. The van der Waals surface area contributed by atoms with Crippen molar-refractivity contribution in [3.05, 3.63) is 28.8 Å². The Bertz CT molecular complexity index is 324. The molecule has 0 aliphatic heterocycles. The maximum Gasteiger partial charge on any atom is 0.119 e. The molecule has 0 bridgehead atoms. The maximum absolute atomic E-state index is 6.23. The highest BCUT2D eigenvalue weighted by Gasteiger charge is 2.12. The van der Waals surface area contributed by atoms with Crippen LogP contribution in [-0.2, 0) is 0 Å². The van der Waals surface area contributed by atoms with Gasteiger partial charge in [0.05, 0.1) is 7.11 Å². The highest BCUT2D eigenvalue weighted by molar-refractivity contribution is 5.42. The molecule has 1 aromatic rings. The van der Waals surface area contributed by atoms with Gasteiger partial charge in [0.2, 0.25) is 0 Å². The summed E-state index contributed by atoms with van der Waals surface area (Å²) in [7, 11) is 1.70. The lowest BCUT2D eigenvalue weighted by atomic mass is 9.93. The lowest BCUT2D eigenvalue weighted by Crippen LogP contribution is -2.13. The monoisotopic (exact) mass is 221 g/mol. The third kappa shape index (κ3) is 2.99. The largest absolute Gasteiger partial charge is 0.497 e. The lowest BCUT2D eigenvalue weighted by Gasteiger charge is -2.18. The van der Waals surface area contributed by atoms with Crippen LogP contribution in [0.3, 0.4) is 0 Å². The summed E-state index contributed by atoms with van der Waals surface area (Å²) >= 11 is 0. The van der Waals surface area contributed by atoms with Crippen molar-refractivity contribution in [3.8, 4) is 5.75 Å². The van der Waals surface area contributed by atoms with Crippen LogP contribution in [0.15, 0.2) is 12.1 Å². The predicted octanol–water partition coefficient (Wildman–Crippen LogP) is 3.50. The fourth-order valence-corrected chi connectivity index (χ4v) is 2.21. The molecular formula is C14H23NO. The van der Waals surface area contributed by atoms with Crippen LogP contribution < -0.4 is 10.5 Å². The number of hydrogen-bond acceptors (Lipinski definition) is 2. The van der Waals surface area contributed by atoms with Crippen LogP contribution in [0.5, 0.6) is 5.75 Å². The van der Waals surface area contributed by atoms with Crippen LogP contribution in [0.1, 0.15) is 48.9 Å². The van der Waals surface area contributed by atoms with Gasteiger partial charge in [-0.3, -0.25) is 0 Å². The number of hydrogen-bond donors (Lipinski definition) is 1. The number of nitrogens with two attached hydrogens (primary N) is 1. The van der Waals surface area contributed by atoms with Gasteiger partial charge in [0.25, 0.3) is 0 Å². The Labute approximate surface area is 98.8 Å². The second-order valence-electron chi connectivity index (χ2n) is 4.42. The van der Waals surface area contributed by atoms with E-state index in [-0.39, 0.29) is 6.04 Å². The zero-order valence-electron chi connectivity index (χ0n) is 10.8. The van der Waals surface area contributed by atoms with E-state index in [1.165, 1.54) is 29.5 Å². The van der Waals surface area contributed by atoms with E-state index < -0.39 is 0 Å². The summed E-state index contributed by atoms with van der Waals surface area (Å²) in [6, 6.07) is 4.29. The molecule has 1 aromatic carbocycles. The Morgan fingerprint density at radius 3 is 2.25 bits per heavy atom. The molecule has 0 amide bonds. The minimum Gasteiger partial charge on any atom is -0.497 e. The Kier molecular flexibility index (Phi) is 4.81. The van der Waals surface area contributed by atoms with Crippen molar-refractivity contribution in [1.82, 2.24) is 0 Å². The molecule has 1 rings (SSSR count). The number of benzene rings is 1. The summed E-state index contributed by atoms with van der Waals surface area (Å²) in [4.78, 5) is 0. The average molecular weight is 221 g/mol. The molecule has 2 nitrogen and oxygen atoms in total. The van der Waals surface area contributed by atoms with Gasteiger partial charge in [-0.2, -0.15) is 0 Å². The molecule has 2 heteroatoms. The molecule has 16 heavy (non-hydrogen) atoms. The molecule has 0 radical (unpaired) electrons. The molecule has 1 unspecified atom stereocenters. The maximum atomic E-state index is 6.23. The minimum absolute atomic E-state index is 0.158. The van der Waals surface area contributed by atoms with Crippen LogP contribution >= 0.6 is 0 Å². The molecule has 0 fully saturated rings. The zero-order valence-corrected chi connectivity index (χ0v) is 10.8. The van der Waals surface area contributed by atoms with Crippen molar-refractivity contribution in [2.24, 2.45) is 5.73 Å². The van der Waals surface area contributed by atoms with E-state index >= 15 is 0 Å². The fraction of sp³-hybridized carbons (Fsp3) is 0.571. The van der Waals surface area contributed by atoms with E-state index in [0.29, 0.717) is 0 Å². The molecule has 0 aliphatic carbocycles. The van der Waals surface area contributed by atoms with Crippen molar-refractivity contribution in [2.75, 3.05) is 7.11 Å². The minimum atomic E-state index is 0.158. The average Bonchev–Trinajstić information content (AvgIpc) is 2.25. The third-order valence-corrected chi connectivity index (χ3v) is 3.04. The first-order valence-electron chi connectivity index (χ1n) is 6.00. The van der Waals surface area contributed by atoms with E-state index in [1.807, 2.05) is 0 Å². The van der Waals surface area contributed by atoms with E-state index in [4.69, 9.17) is 10.5 Å². The molecule has 0 saturated carbocycles. The Hall–Kier alpha value is -1.02. The Morgan fingerprint density at radius 1 is 1.25 bits per heavy atom. The van der Waals surface area contributed by atoms with Gasteiger partial charge in [-0.05, 0) is 49.1 Å². The first-order valence-corrected chi connectivity index (χ1v) is 6.00. The summed E-state index contributed by atoms with van der Waals surface area (Å²) in [6.45, 7) is 6.41. The van der Waals surface area contributed by atoms with Gasteiger partial charge in [0.1, 0.15) is 5.75 Å². The van der Waals surface area contributed by atoms with Crippen molar-refractivity contribution < 1.29 is 4.74 Å². The van der Waals surface area contributed by atoms with Crippen molar-refractivity contribution in [2.45, 2.75) is 46.1 Å². The molecule has 1 atom stereocenters. The first kappa shape index (κ1) is 13.0. The van der Waals surface area contributed by atoms with Crippen molar-refractivity contribution >= 4 is 0 Å². The topological polar surface area (TPSA) is 35.2 Å². The van der Waals surface area contributed by atoms with Crippen LogP contribution in [0.4, 0.5) is 0 Å². The highest BCUT2D eigenvalue weighted by atomic mass is 16.5. The normalized spacial score (nSPS) is 12.6. The molecule has 0 heterocycles. The van der Waals surface area contributed by atoms with Gasteiger partial charge in [0, 0.05) is 6.04 Å². The molecule has 0 spiro atoms. The van der Waals surface area contributed by atoms with E-state index in [1.54, 1.807) is 7.11 Å². The lowest BCUT2D eigenvalue weighted by molar-refractivity contribution is 0.413. The number of ether oxygens (including phenoxy) is 1. The predicted molar refractivity (Wildman–Crippen MR) is 68.9 cm³/mol. The summed E-state index contributed by atoms with van der Waals surface area (Å²) in [5.74, 6) is 0.918. The summed E-state index contributed by atoms with van der Waals surface area (Å²) < 4.78 is 5.25. The van der Waals surface area contributed by atoms with Crippen LogP contribution in [0.2, 0.25) is 0 Å². The molecule has 0 saturated heterocycles. The summed E-state index contributed by atoms with van der Waals surface area (Å²) in [5, 5.41) is 0. The molecule has 2 N–H and O–H groups in total.